The van der Waals surface area contributed by atoms with Crippen molar-refractivity contribution in [1.29, 1.82) is 0 Å². The van der Waals surface area contributed by atoms with Crippen LogP contribution in [-0.4, -0.2) is 85.2 Å². The molecule has 11 nitrogen and oxygen atoms in total. The third-order valence-corrected chi connectivity index (χ3v) is 9.56. The number of aromatic nitrogens is 2. The summed E-state index contributed by atoms with van der Waals surface area (Å²) < 4.78 is 33.3. The fraction of sp³-hybridized carbons (Fsp3) is 0.750. The monoisotopic (exact) mass is 748 g/mol. The van der Waals surface area contributed by atoms with Crippen molar-refractivity contribution in [1.82, 2.24) is 20.8 Å². The molecule has 0 radical (unpaired) electrons. The standard InChI is InChI=1S/C40H68N4O7S/c1-3-4-5-6-7-8-9-10-11-12-13-14-15-16-17-18-19-20-21-22-37(45)41-27-29-48-31-33-50-34-32-49-30-28-42-38(46)35-23-25-36(26-24-35)39-43-44-40(51-39)52(2)47/h23-26H,3-22,27-34H2,1-2H3,(H,41,45)(H,42,46). The average Bonchev–Trinajstić information content (AvgIpc) is 3.65. The Kier molecular flexibility index (Phi) is 27.8. The summed E-state index contributed by atoms with van der Waals surface area (Å²) in [6, 6.07) is 6.71. The number of carbonyl (C=O) groups is 2. The molecule has 0 spiro atoms. The van der Waals surface area contributed by atoms with Crippen LogP contribution < -0.4 is 10.6 Å². The van der Waals surface area contributed by atoms with Crippen LogP contribution >= 0.6 is 0 Å². The molecule has 1 heterocycles. The summed E-state index contributed by atoms with van der Waals surface area (Å²) in [6.07, 6.45) is 27.7. The molecule has 2 N–H and O–H groups in total. The molecule has 0 aliphatic carbocycles. The molecule has 0 bridgehead atoms. The first-order valence-corrected chi connectivity index (χ1v) is 21.6. The SMILES string of the molecule is CCCCCCCCCCCCCCCCCCCCCC(=O)NCCOCCOCCOCCNC(=O)c1ccc(-c2nnc(S(C)=O)o2)cc1. The number of rotatable bonds is 35. The Hall–Kier alpha value is -2.67. The molecule has 0 fully saturated rings. The number of benzene rings is 1. The zero-order valence-electron chi connectivity index (χ0n) is 32.3. The van der Waals surface area contributed by atoms with Gasteiger partial charge in [0.05, 0.1) is 39.6 Å². The number of ether oxygens (including phenoxy) is 3. The van der Waals surface area contributed by atoms with E-state index in [0.717, 1.165) is 12.8 Å². The van der Waals surface area contributed by atoms with Crippen LogP contribution in [0.15, 0.2) is 33.9 Å². The molecular weight excluding hydrogens is 681 g/mol. The van der Waals surface area contributed by atoms with Crippen LogP contribution in [-0.2, 0) is 29.8 Å². The summed E-state index contributed by atoms with van der Waals surface area (Å²) >= 11 is 0. The van der Waals surface area contributed by atoms with Crippen molar-refractivity contribution in [3.05, 3.63) is 29.8 Å². The molecule has 1 unspecified atom stereocenters. The molecular formula is C40H68N4O7S. The lowest BCUT2D eigenvalue weighted by Crippen LogP contribution is -2.27. The van der Waals surface area contributed by atoms with Crippen molar-refractivity contribution in [2.24, 2.45) is 0 Å². The highest BCUT2D eigenvalue weighted by atomic mass is 32.2. The Morgan fingerprint density at radius 1 is 0.615 bits per heavy atom. The highest BCUT2D eigenvalue weighted by Gasteiger charge is 2.12. The molecule has 0 aliphatic rings. The Labute approximate surface area is 316 Å². The summed E-state index contributed by atoms with van der Waals surface area (Å²) in [7, 11) is -1.35. The number of carbonyl (C=O) groups excluding carboxylic acids is 2. The highest BCUT2D eigenvalue weighted by molar-refractivity contribution is 7.84. The van der Waals surface area contributed by atoms with E-state index in [-0.39, 0.29) is 22.9 Å². The van der Waals surface area contributed by atoms with Gasteiger partial charge in [-0.15, -0.1) is 5.10 Å². The van der Waals surface area contributed by atoms with E-state index in [1.807, 2.05) is 0 Å². The van der Waals surface area contributed by atoms with Gasteiger partial charge in [-0.05, 0) is 30.7 Å². The molecule has 2 rings (SSSR count). The van der Waals surface area contributed by atoms with Crippen molar-refractivity contribution in [3.8, 4) is 11.5 Å². The Morgan fingerprint density at radius 3 is 1.52 bits per heavy atom. The van der Waals surface area contributed by atoms with Gasteiger partial charge in [-0.25, -0.2) is 4.21 Å². The van der Waals surface area contributed by atoms with Crippen LogP contribution in [0.5, 0.6) is 0 Å². The summed E-state index contributed by atoms with van der Waals surface area (Å²) in [6.45, 7) is 5.73. The minimum Gasteiger partial charge on any atom is -0.410 e. The first kappa shape index (κ1) is 45.5. The predicted octanol–water partition coefficient (Wildman–Crippen LogP) is 8.19. The van der Waals surface area contributed by atoms with Gasteiger partial charge in [0.15, 0.2) is 0 Å². The number of nitrogens with zero attached hydrogens (tertiary/aromatic N) is 2. The zero-order valence-corrected chi connectivity index (χ0v) is 33.1. The van der Waals surface area contributed by atoms with Crippen LogP contribution in [0.3, 0.4) is 0 Å². The van der Waals surface area contributed by atoms with E-state index in [1.165, 1.54) is 115 Å². The Balaban J connectivity index is 1.26. The zero-order chi connectivity index (χ0) is 37.3. The van der Waals surface area contributed by atoms with Gasteiger partial charge < -0.3 is 29.3 Å². The van der Waals surface area contributed by atoms with E-state index < -0.39 is 10.8 Å². The van der Waals surface area contributed by atoms with Crippen LogP contribution in [0.4, 0.5) is 0 Å². The highest BCUT2D eigenvalue weighted by Crippen LogP contribution is 2.19. The van der Waals surface area contributed by atoms with Gasteiger partial charge in [-0.1, -0.05) is 128 Å². The molecule has 52 heavy (non-hydrogen) atoms. The topological polar surface area (TPSA) is 142 Å². The molecule has 1 aromatic carbocycles. The lowest BCUT2D eigenvalue weighted by molar-refractivity contribution is -0.121. The lowest BCUT2D eigenvalue weighted by atomic mass is 10.0. The minimum atomic E-state index is -1.35. The van der Waals surface area contributed by atoms with Crippen LogP contribution in [0, 0.1) is 0 Å². The number of hydrogen-bond donors (Lipinski definition) is 2. The molecule has 0 aliphatic heterocycles. The predicted molar refractivity (Wildman–Crippen MR) is 208 cm³/mol. The maximum absolute atomic E-state index is 12.4. The smallest absolute Gasteiger partial charge is 0.307 e. The van der Waals surface area contributed by atoms with E-state index in [2.05, 4.69) is 27.8 Å². The van der Waals surface area contributed by atoms with E-state index in [1.54, 1.807) is 24.3 Å². The summed E-state index contributed by atoms with van der Waals surface area (Å²) in [4.78, 5) is 24.4. The first-order chi connectivity index (χ1) is 25.5. The second kappa shape index (κ2) is 31.8. The maximum Gasteiger partial charge on any atom is 0.307 e. The maximum atomic E-state index is 12.4. The molecule has 1 aromatic heterocycles. The summed E-state index contributed by atoms with van der Waals surface area (Å²) in [5, 5.41) is 13.4. The van der Waals surface area contributed by atoms with E-state index in [4.69, 9.17) is 18.6 Å². The summed E-state index contributed by atoms with van der Waals surface area (Å²) in [5.41, 5.74) is 1.12. The molecule has 296 valence electrons. The van der Waals surface area contributed by atoms with E-state index in [9.17, 15) is 13.8 Å². The molecule has 1 atom stereocenters. The third kappa shape index (κ3) is 23.8. The first-order valence-electron chi connectivity index (χ1n) is 20.1. The fourth-order valence-corrected chi connectivity index (χ4v) is 6.15. The summed E-state index contributed by atoms with van der Waals surface area (Å²) in [5.74, 6) is 0.130. The Bertz CT molecular complexity index is 1190. The molecule has 0 saturated heterocycles. The average molecular weight is 749 g/mol. The van der Waals surface area contributed by atoms with Crippen molar-refractivity contribution >= 4 is 22.6 Å². The van der Waals surface area contributed by atoms with Gasteiger partial charge in [-0.2, -0.15) is 0 Å². The second-order valence-electron chi connectivity index (χ2n) is 13.5. The van der Waals surface area contributed by atoms with Crippen LogP contribution in [0.2, 0.25) is 0 Å². The lowest BCUT2D eigenvalue weighted by Gasteiger charge is -2.09. The quantitative estimate of drug-likeness (QED) is 0.0668. The van der Waals surface area contributed by atoms with Gasteiger partial charge in [0.1, 0.15) is 10.8 Å². The van der Waals surface area contributed by atoms with Crippen molar-refractivity contribution in [2.75, 3.05) is 59.0 Å². The van der Waals surface area contributed by atoms with Crippen LogP contribution in [0.1, 0.15) is 146 Å². The molecule has 12 heteroatoms. The van der Waals surface area contributed by atoms with Crippen molar-refractivity contribution < 1.29 is 32.4 Å². The molecule has 2 aromatic rings. The van der Waals surface area contributed by atoms with Crippen molar-refractivity contribution in [2.45, 2.75) is 141 Å². The van der Waals surface area contributed by atoms with Gasteiger partial charge in [0, 0.05) is 36.9 Å². The van der Waals surface area contributed by atoms with Gasteiger partial charge in [0.25, 0.3) is 5.91 Å². The number of hydrogen-bond acceptors (Lipinski definition) is 9. The van der Waals surface area contributed by atoms with Crippen LogP contribution in [0.25, 0.3) is 11.5 Å². The normalized spacial score (nSPS) is 11.9. The van der Waals surface area contributed by atoms with Gasteiger partial charge in [-0.3, -0.25) is 9.59 Å². The third-order valence-electron chi connectivity index (χ3n) is 8.90. The second-order valence-corrected chi connectivity index (χ2v) is 14.7. The Morgan fingerprint density at radius 2 is 1.06 bits per heavy atom. The number of unbranched alkanes of at least 4 members (excludes halogenated alkanes) is 18. The molecule has 2 amide bonds. The molecule has 0 saturated carbocycles. The fourth-order valence-electron chi connectivity index (χ4n) is 5.80. The number of amides is 2. The van der Waals surface area contributed by atoms with E-state index in [0.29, 0.717) is 70.3 Å². The van der Waals surface area contributed by atoms with E-state index >= 15 is 0 Å². The van der Waals surface area contributed by atoms with Gasteiger partial charge in [0.2, 0.25) is 11.8 Å². The van der Waals surface area contributed by atoms with Crippen molar-refractivity contribution in [3.63, 3.8) is 0 Å². The minimum absolute atomic E-state index is 0.0588. The largest absolute Gasteiger partial charge is 0.410 e. The number of nitrogens with one attached hydrogen (secondary N) is 2. The van der Waals surface area contributed by atoms with Gasteiger partial charge >= 0.3 is 5.22 Å².